The molecule has 0 atom stereocenters. The number of nitrogens with one attached hydrogen (secondary N) is 1. The third-order valence-electron chi connectivity index (χ3n) is 3.92. The zero-order chi connectivity index (χ0) is 15.2. The van der Waals surface area contributed by atoms with Crippen LogP contribution in [-0.2, 0) is 6.54 Å². The molecule has 4 heteroatoms. The summed E-state index contributed by atoms with van der Waals surface area (Å²) in [4.78, 5) is 8.95. The molecule has 1 fully saturated rings. The molecule has 21 heavy (non-hydrogen) atoms. The van der Waals surface area contributed by atoms with Crippen molar-refractivity contribution in [1.82, 2.24) is 10.3 Å². The maximum Gasteiger partial charge on any atom is 0.185 e. The van der Waals surface area contributed by atoms with Crippen LogP contribution in [0.2, 0.25) is 0 Å². The normalized spacial score (nSPS) is 14.9. The minimum Gasteiger partial charge on any atom is -0.348 e. The van der Waals surface area contributed by atoms with E-state index < -0.39 is 0 Å². The van der Waals surface area contributed by atoms with Crippen molar-refractivity contribution in [3.05, 3.63) is 10.6 Å². The Morgan fingerprint density at radius 1 is 1.29 bits per heavy atom. The fourth-order valence-corrected chi connectivity index (χ4v) is 3.81. The zero-order valence-electron chi connectivity index (χ0n) is 14.1. The number of hydrogen-bond acceptors (Lipinski definition) is 4. The van der Waals surface area contributed by atoms with Crippen molar-refractivity contribution in [3.8, 4) is 0 Å². The molecule has 0 unspecified atom stereocenters. The topological polar surface area (TPSA) is 28.2 Å². The molecule has 0 amide bonds. The summed E-state index contributed by atoms with van der Waals surface area (Å²) in [5.74, 6) is 1.43. The monoisotopic (exact) mass is 309 g/mol. The van der Waals surface area contributed by atoms with E-state index in [4.69, 9.17) is 4.98 Å². The van der Waals surface area contributed by atoms with Gasteiger partial charge < -0.3 is 10.2 Å². The van der Waals surface area contributed by atoms with E-state index in [1.165, 1.54) is 47.9 Å². The summed E-state index contributed by atoms with van der Waals surface area (Å²) >= 11 is 1.91. The average molecular weight is 310 g/mol. The summed E-state index contributed by atoms with van der Waals surface area (Å²) in [6.07, 6.45) is 5.21. The Kier molecular flexibility index (Phi) is 6.49. The number of anilines is 1. The highest BCUT2D eigenvalue weighted by Crippen LogP contribution is 2.35. The van der Waals surface area contributed by atoms with Gasteiger partial charge in [-0.3, -0.25) is 0 Å². The lowest BCUT2D eigenvalue weighted by Crippen LogP contribution is -2.26. The summed E-state index contributed by atoms with van der Waals surface area (Å²) in [5, 5.41) is 4.79. The van der Waals surface area contributed by atoms with Crippen molar-refractivity contribution in [2.24, 2.45) is 5.92 Å². The molecule has 1 saturated carbocycles. The van der Waals surface area contributed by atoms with Crippen LogP contribution >= 0.6 is 11.3 Å². The molecule has 0 radical (unpaired) electrons. The highest BCUT2D eigenvalue weighted by atomic mass is 32.1. The minimum absolute atomic E-state index is 0.512. The van der Waals surface area contributed by atoms with Crippen LogP contribution in [0.3, 0.4) is 0 Å². The van der Waals surface area contributed by atoms with Crippen LogP contribution in [0, 0.1) is 5.92 Å². The van der Waals surface area contributed by atoms with E-state index in [-0.39, 0.29) is 0 Å². The third-order valence-corrected chi connectivity index (χ3v) is 5.05. The van der Waals surface area contributed by atoms with E-state index in [2.05, 4.69) is 37.9 Å². The quantitative estimate of drug-likeness (QED) is 0.650. The second-order valence-corrected chi connectivity index (χ2v) is 7.59. The van der Waals surface area contributed by atoms with Crippen molar-refractivity contribution in [1.29, 1.82) is 0 Å². The minimum atomic E-state index is 0.512. The molecular weight excluding hydrogens is 278 g/mol. The van der Waals surface area contributed by atoms with E-state index >= 15 is 0 Å². The predicted octanol–water partition coefficient (Wildman–Crippen LogP) is 4.39. The van der Waals surface area contributed by atoms with E-state index in [0.29, 0.717) is 5.92 Å². The molecule has 1 aliphatic carbocycles. The van der Waals surface area contributed by atoms with Gasteiger partial charge in [-0.1, -0.05) is 27.7 Å². The molecule has 2 rings (SSSR count). The third kappa shape index (κ3) is 4.96. The Bertz CT molecular complexity index is 424. The van der Waals surface area contributed by atoms with Gasteiger partial charge in [0.25, 0.3) is 0 Å². The Morgan fingerprint density at radius 3 is 2.62 bits per heavy atom. The van der Waals surface area contributed by atoms with Crippen LogP contribution < -0.4 is 10.2 Å². The number of thiazole rings is 1. The molecule has 1 aliphatic rings. The Hall–Kier alpha value is -0.610. The molecule has 1 aromatic rings. The largest absolute Gasteiger partial charge is 0.348 e. The van der Waals surface area contributed by atoms with Gasteiger partial charge in [0.1, 0.15) is 0 Å². The van der Waals surface area contributed by atoms with E-state index in [0.717, 1.165) is 25.6 Å². The van der Waals surface area contributed by atoms with E-state index in [9.17, 15) is 0 Å². The molecule has 0 bridgehead atoms. The van der Waals surface area contributed by atoms with Crippen LogP contribution in [0.1, 0.15) is 69.9 Å². The van der Waals surface area contributed by atoms with E-state index in [1.54, 1.807) is 0 Å². The summed E-state index contributed by atoms with van der Waals surface area (Å²) in [6, 6.07) is 0. The SMILES string of the molecule is CCCNCc1sc(N(CCC)CC2CC2)nc1C(C)C. The second-order valence-electron chi connectivity index (χ2n) is 6.53. The number of nitrogens with zero attached hydrogens (tertiary/aromatic N) is 2. The van der Waals surface area contributed by atoms with Gasteiger partial charge in [-0.2, -0.15) is 0 Å². The van der Waals surface area contributed by atoms with Gasteiger partial charge in [-0.25, -0.2) is 4.98 Å². The van der Waals surface area contributed by atoms with Crippen LogP contribution in [-0.4, -0.2) is 24.6 Å². The molecule has 3 nitrogen and oxygen atoms in total. The second kappa shape index (κ2) is 8.14. The standard InChI is InChI=1S/C17H31N3S/c1-5-9-18-11-15-16(13(3)4)19-17(21-15)20(10-6-2)12-14-7-8-14/h13-14,18H,5-12H2,1-4H3. The Labute approximate surface area is 134 Å². The predicted molar refractivity (Wildman–Crippen MR) is 93.4 cm³/mol. The number of rotatable bonds is 10. The van der Waals surface area contributed by atoms with Crippen molar-refractivity contribution in [2.45, 2.75) is 65.8 Å². The first-order valence-corrected chi connectivity index (χ1v) is 9.42. The fourth-order valence-electron chi connectivity index (χ4n) is 2.59. The van der Waals surface area contributed by atoms with Crippen molar-refractivity contribution in [3.63, 3.8) is 0 Å². The van der Waals surface area contributed by atoms with Crippen molar-refractivity contribution < 1.29 is 0 Å². The molecule has 0 spiro atoms. The summed E-state index contributed by atoms with van der Waals surface area (Å²) in [7, 11) is 0. The summed E-state index contributed by atoms with van der Waals surface area (Å²) in [5.41, 5.74) is 1.30. The van der Waals surface area contributed by atoms with Gasteiger partial charge in [0.05, 0.1) is 5.69 Å². The Morgan fingerprint density at radius 2 is 2.05 bits per heavy atom. The molecule has 120 valence electrons. The van der Waals surface area contributed by atoms with Crippen LogP contribution in [0.5, 0.6) is 0 Å². The zero-order valence-corrected chi connectivity index (χ0v) is 14.9. The van der Waals surface area contributed by atoms with E-state index in [1.807, 2.05) is 11.3 Å². The molecular formula is C17H31N3S. The maximum absolute atomic E-state index is 4.99. The van der Waals surface area contributed by atoms with Gasteiger partial charge in [0.2, 0.25) is 0 Å². The average Bonchev–Trinajstić information content (AvgIpc) is 3.16. The van der Waals surface area contributed by atoms with Crippen molar-refractivity contribution >= 4 is 16.5 Å². The molecule has 1 N–H and O–H groups in total. The summed E-state index contributed by atoms with van der Waals surface area (Å²) in [6.45, 7) is 13.4. The first kappa shape index (κ1) is 16.8. The lowest BCUT2D eigenvalue weighted by molar-refractivity contribution is 0.669. The number of hydrogen-bond donors (Lipinski definition) is 1. The van der Waals surface area contributed by atoms with Crippen LogP contribution in [0.15, 0.2) is 0 Å². The molecule has 0 aromatic carbocycles. The molecule has 1 heterocycles. The van der Waals surface area contributed by atoms with Gasteiger partial charge in [0.15, 0.2) is 5.13 Å². The first-order valence-electron chi connectivity index (χ1n) is 8.60. The smallest absolute Gasteiger partial charge is 0.185 e. The van der Waals surface area contributed by atoms with Gasteiger partial charge >= 0.3 is 0 Å². The Balaban J connectivity index is 2.10. The highest BCUT2D eigenvalue weighted by Gasteiger charge is 2.26. The fraction of sp³-hybridized carbons (Fsp3) is 0.824. The van der Waals surface area contributed by atoms with Gasteiger partial charge in [0, 0.05) is 24.5 Å². The van der Waals surface area contributed by atoms with Gasteiger partial charge in [-0.15, -0.1) is 11.3 Å². The lowest BCUT2D eigenvalue weighted by atomic mass is 10.1. The number of aromatic nitrogens is 1. The molecule has 1 aromatic heterocycles. The lowest BCUT2D eigenvalue weighted by Gasteiger charge is -2.20. The highest BCUT2D eigenvalue weighted by molar-refractivity contribution is 7.15. The first-order chi connectivity index (χ1) is 10.2. The van der Waals surface area contributed by atoms with Gasteiger partial charge in [-0.05, 0) is 44.1 Å². The molecule has 0 aliphatic heterocycles. The van der Waals surface area contributed by atoms with Crippen LogP contribution in [0.4, 0.5) is 5.13 Å². The van der Waals surface area contributed by atoms with Crippen LogP contribution in [0.25, 0.3) is 0 Å². The summed E-state index contributed by atoms with van der Waals surface area (Å²) < 4.78 is 0. The van der Waals surface area contributed by atoms with Crippen molar-refractivity contribution in [2.75, 3.05) is 24.5 Å². The maximum atomic E-state index is 4.99. The molecule has 0 saturated heterocycles.